The van der Waals surface area contributed by atoms with Crippen LogP contribution in [0.4, 0.5) is 11.4 Å². The fourth-order valence-electron chi connectivity index (χ4n) is 18.1. The van der Waals surface area contributed by atoms with Crippen LogP contribution in [0.15, 0.2) is 145 Å². The molecule has 6 unspecified atom stereocenters. The van der Waals surface area contributed by atoms with E-state index < -0.39 is 31.4 Å². The van der Waals surface area contributed by atoms with Gasteiger partial charge in [-0.25, -0.2) is 47.0 Å². The Balaban J connectivity index is 0.000000166. The molecule has 0 bridgehead atoms. The van der Waals surface area contributed by atoms with Crippen molar-refractivity contribution in [2.24, 2.45) is 7.05 Å². The third kappa shape index (κ3) is 23.0. The molecule has 143 heavy (non-hydrogen) atoms. The minimum absolute atomic E-state index is 0. The molecule has 0 radical (unpaired) electrons. The Hall–Kier alpha value is -12.2. The van der Waals surface area contributed by atoms with E-state index in [1.54, 1.807) is 75.0 Å². The lowest BCUT2D eigenvalue weighted by Gasteiger charge is -2.18. The molecule has 6 aromatic carbocycles. The lowest BCUT2D eigenvalue weighted by Crippen LogP contribution is -2.42. The summed E-state index contributed by atoms with van der Waals surface area (Å²) < 4.78 is 106. The summed E-state index contributed by atoms with van der Waals surface area (Å²) in [7, 11) is 17.6. The third-order valence-electron chi connectivity index (χ3n) is 25.3. The predicted molar refractivity (Wildman–Crippen MR) is 582 cm³/mol. The first-order valence-electron chi connectivity index (χ1n) is 45.6. The number of fused-ring (bicyclic) bond motifs is 10. The van der Waals surface area contributed by atoms with Crippen LogP contribution in [0, 0.1) is 118 Å². The highest BCUT2D eigenvalue weighted by atomic mass is 33.1. The number of nitrogens with one attached hydrogen (secondary N) is 6. The zero-order valence-corrected chi connectivity index (χ0v) is 92.7. The van der Waals surface area contributed by atoms with Crippen LogP contribution in [0.25, 0.3) is 79.0 Å². The maximum atomic E-state index is 14.0. The number of imidazole rings is 5. The molecule has 17 aromatic rings. The molecular formula is C104H128N18O13P2S6+6. The zero-order chi connectivity index (χ0) is 102. The van der Waals surface area contributed by atoms with Crippen molar-refractivity contribution < 1.29 is 84.8 Å². The van der Waals surface area contributed by atoms with Gasteiger partial charge in [0.2, 0.25) is 5.69 Å². The fourth-order valence-corrected chi connectivity index (χ4v) is 24.8. The quantitative estimate of drug-likeness (QED) is 0.0128. The van der Waals surface area contributed by atoms with Crippen LogP contribution in [-0.4, -0.2) is 139 Å². The molecular weight excluding hydrogens is 1960 g/mol. The second-order valence-corrected chi connectivity index (χ2v) is 42.4. The smallest absolute Gasteiger partial charge is 0.497 e. The van der Waals surface area contributed by atoms with Crippen LogP contribution in [0.2, 0.25) is 0 Å². The Labute approximate surface area is 859 Å². The van der Waals surface area contributed by atoms with Gasteiger partial charge in [-0.3, -0.25) is 13.4 Å². The van der Waals surface area contributed by atoms with Crippen LogP contribution in [0.1, 0.15) is 130 Å². The summed E-state index contributed by atoms with van der Waals surface area (Å²) in [6.07, 6.45) is 9.86. The molecule has 2 aliphatic rings. The Kier molecular flexibility index (Phi) is 35.6. The number of H-pyrrole nitrogens is 4. The number of aryl methyl sites for hydroxylation is 10. The number of aromatic nitrogens is 16. The SMILES string of the molecule is COc1c(C)c[n+](-c2nc3ccc(C)cc3[nH]2)c(CSO)c1C.COc1c(C)c[n+](C)c(CS(=O)C2Nc3ccc(C)cc3N2)c1C.COc1c(C)c[n+]2c(c1C)CSn1c-2nc2cc(C)ccc21.COc1c(C)cnc(CS(=O)c2nc3ccc(C)cc3[nH]2)c1C.COc1ccc2nc(-[n+]3cc(C)c(OC)c(C)c3CS(=O)SCc3c(C)c(OC)c(C)c(C)[n+]3-c3nc4ccc(OC)cc4[nH]3)[nH]c2c1.O.PP.[H+]. The zero-order valence-electron chi connectivity index (χ0n) is 86.5. The lowest BCUT2D eigenvalue weighted by molar-refractivity contribution is -0.678. The number of hydrogen-bond acceptors (Lipinski definition) is 23. The molecule has 11 aromatic heterocycles. The lowest BCUT2D eigenvalue weighted by atomic mass is 10.1. The van der Waals surface area contributed by atoms with Gasteiger partial charge in [-0.1, -0.05) is 55.0 Å². The van der Waals surface area contributed by atoms with Crippen LogP contribution >= 0.6 is 52.6 Å². The van der Waals surface area contributed by atoms with Gasteiger partial charge in [-0.15, -0.1) is 17.9 Å². The molecule has 31 nitrogen and oxygen atoms in total. The van der Waals surface area contributed by atoms with Crippen molar-refractivity contribution in [1.29, 1.82) is 0 Å². The minimum Gasteiger partial charge on any atom is -0.497 e. The van der Waals surface area contributed by atoms with Gasteiger partial charge in [0.1, 0.15) is 98.1 Å². The number of ether oxygens (including phenoxy) is 8. The normalized spacial score (nSPS) is 12.8. The molecule has 19 rings (SSSR count). The molecule has 2 aliphatic heterocycles. The maximum Gasteiger partial charge on any atom is 1.00 e. The van der Waals surface area contributed by atoms with Crippen LogP contribution in [-0.2, 0) is 73.0 Å². The Morgan fingerprint density at radius 3 is 1.48 bits per heavy atom. The average Bonchev–Trinajstić information content (AvgIpc) is 1.57. The van der Waals surface area contributed by atoms with Crippen LogP contribution in [0.3, 0.4) is 0 Å². The number of benzene rings is 6. The molecule has 0 saturated carbocycles. The summed E-state index contributed by atoms with van der Waals surface area (Å²) in [6, 6.07) is 36.1. The number of aromatic amines is 4. The summed E-state index contributed by atoms with van der Waals surface area (Å²) in [4.78, 5) is 41.5. The van der Waals surface area contributed by atoms with Crippen molar-refractivity contribution in [3.63, 3.8) is 0 Å². The van der Waals surface area contributed by atoms with E-state index >= 15 is 0 Å². The highest BCUT2D eigenvalue weighted by Gasteiger charge is 2.36. The Morgan fingerprint density at radius 2 is 0.909 bits per heavy atom. The van der Waals surface area contributed by atoms with Crippen LogP contribution in [0.5, 0.6) is 46.0 Å². The number of rotatable bonds is 24. The molecule has 0 spiro atoms. The van der Waals surface area contributed by atoms with E-state index in [2.05, 4.69) is 141 Å². The van der Waals surface area contributed by atoms with Gasteiger partial charge in [0.05, 0.1) is 181 Å². The first-order valence-corrected chi connectivity index (χ1v) is 55.7. The van der Waals surface area contributed by atoms with Crippen molar-refractivity contribution in [2.45, 2.75) is 163 Å². The molecule has 0 amide bonds. The van der Waals surface area contributed by atoms with Gasteiger partial charge < -0.3 is 63.5 Å². The number of hydrogen-bond donors (Lipinski definition) is 7. The van der Waals surface area contributed by atoms with Gasteiger partial charge in [0.25, 0.3) is 0 Å². The van der Waals surface area contributed by atoms with E-state index in [4.69, 9.17) is 52.8 Å². The molecule has 6 atom stereocenters. The third-order valence-corrected chi connectivity index (χ3v) is 31.9. The Bertz CT molecular complexity index is 7750. The van der Waals surface area contributed by atoms with Crippen molar-refractivity contribution >= 4 is 151 Å². The van der Waals surface area contributed by atoms with Crippen LogP contribution < -0.4 is 71.4 Å². The largest absolute Gasteiger partial charge is 1.00 e. The first kappa shape index (κ1) is 108. The van der Waals surface area contributed by atoms with Gasteiger partial charge >= 0.3 is 25.2 Å². The minimum atomic E-state index is -1.34. The van der Waals surface area contributed by atoms with Crippen molar-refractivity contribution in [1.82, 2.24) is 53.8 Å². The van der Waals surface area contributed by atoms with Gasteiger partial charge in [-0.05, 0) is 225 Å². The maximum absolute atomic E-state index is 14.0. The average molecular weight is 2090 g/mol. The number of nitrogens with zero attached hydrogens (tertiary/aromatic N) is 12. The van der Waals surface area contributed by atoms with Gasteiger partial charge in [0.15, 0.2) is 44.4 Å². The summed E-state index contributed by atoms with van der Waals surface area (Å²) >= 11 is 2.58. The molecule has 0 saturated heterocycles. The van der Waals surface area contributed by atoms with E-state index in [1.165, 1.54) is 44.3 Å². The number of methoxy groups -OCH3 is 8. The standard InChI is InChI=1S/C35H40N6O5S2.C18H24N3O2S.2C17H19N3O2S.C17H18N3OS.H2O.H4P2/c1-19-16-40(34-36-26-12-10-24(43-6)14-28(26)38-34)31(22(4)32(19)45-8)18-48(42)47-17-30-21(3)33(46-9)20(2)23(5)41(30)35-37-27-13-11-25(44-7)15-29(27)39-35;1-11-6-7-14-15(8-11)20-18(19-14)24(22)10-16-13(3)17(23-5)12(2)9-21(16)4;1-10-5-6-13-14(7-10)19-17(18-13)20-8-11(2)16(22-4)12(3)15(20)9-23-21;1-10-5-6-13-14(7-10)20-17(19-13)23(21)9-15-12(3)16(22-4)11(2)8-18-15;1-10-5-6-14-13(7-10)18-17-19-8-11(2)16(21-4)12(3)15(19)9-22-20(14)17;;1-2/h10-16H,17-18H2,1-9H3,(H,36,38)(H,37,39);6-9,18-20H,10H2,1-5H3;5-8H,9H2,1-4H3,(H-,18,19,21);5-8H,9H2,1-4H3,(H,19,20);5-8H,9H2,1-4H3;1H2;1-2H2/q+2;+1;;;+1;;/p+2. The highest BCUT2D eigenvalue weighted by molar-refractivity contribution is 8.68. The molecule has 0 aliphatic carbocycles. The van der Waals surface area contributed by atoms with Gasteiger partial charge in [-0.2, -0.15) is 3.97 Å². The number of pyridine rings is 6. The summed E-state index contributed by atoms with van der Waals surface area (Å²) in [6.45, 7) is 34.5. The molecule has 752 valence electrons. The van der Waals surface area contributed by atoms with Crippen molar-refractivity contribution in [2.75, 3.05) is 67.5 Å². The molecule has 0 fully saturated rings. The first-order chi connectivity index (χ1) is 68.1. The highest BCUT2D eigenvalue weighted by Crippen LogP contribution is 2.39. The molecule has 9 N–H and O–H groups in total. The van der Waals surface area contributed by atoms with Gasteiger partial charge in [0, 0.05) is 85.9 Å². The van der Waals surface area contributed by atoms with E-state index in [0.717, 1.165) is 238 Å². The number of anilines is 2. The molecule has 39 heteroatoms. The second kappa shape index (κ2) is 47.1. The molecule has 13 heterocycles. The van der Waals surface area contributed by atoms with E-state index in [9.17, 15) is 17.2 Å². The summed E-state index contributed by atoms with van der Waals surface area (Å²) in [5.41, 5.74) is 34.6. The second-order valence-electron chi connectivity index (χ2n) is 34.8. The Morgan fingerprint density at radius 1 is 0.448 bits per heavy atom. The van der Waals surface area contributed by atoms with E-state index in [1.807, 2.05) is 208 Å². The van der Waals surface area contributed by atoms with E-state index in [-0.39, 0.29) is 18.2 Å². The van der Waals surface area contributed by atoms with Crippen molar-refractivity contribution in [3.05, 3.63) is 269 Å². The summed E-state index contributed by atoms with van der Waals surface area (Å²) in [5, 5.41) is 7.11. The topological polar surface area (TPSA) is 366 Å². The van der Waals surface area contributed by atoms with E-state index in [0.29, 0.717) is 40.1 Å². The summed E-state index contributed by atoms with van der Waals surface area (Å²) in [5.74, 6) is 12.4. The van der Waals surface area contributed by atoms with Crippen molar-refractivity contribution in [3.8, 4) is 69.8 Å². The monoisotopic (exact) mass is 2090 g/mol. The fraction of sp³-hybridized carbons (Fsp3) is 0.317. The predicted octanol–water partition coefficient (Wildman–Crippen LogP) is 18.1.